The number of alkyl halides is 3. The Labute approximate surface area is 121 Å². The van der Waals surface area contributed by atoms with E-state index in [9.17, 15) is 13.2 Å². The molecule has 0 spiro atoms. The second-order valence-electron chi connectivity index (χ2n) is 5.01. The minimum atomic E-state index is -4.37. The lowest BCUT2D eigenvalue weighted by molar-refractivity contribution is -0.140. The zero-order valence-corrected chi connectivity index (χ0v) is 11.6. The molecule has 3 nitrogen and oxygen atoms in total. The van der Waals surface area contributed by atoms with Crippen molar-refractivity contribution >= 4 is 0 Å². The molecule has 2 rings (SSSR count). The van der Waals surface area contributed by atoms with Crippen molar-refractivity contribution in [3.05, 3.63) is 35.4 Å². The molecular formula is C15H17F3N2O. The first kappa shape index (κ1) is 15.8. The fraction of sp³-hybridized carbons (Fsp3) is 0.533. The molecule has 0 radical (unpaired) electrons. The summed E-state index contributed by atoms with van der Waals surface area (Å²) in [6.07, 6.45) is -3.76. The van der Waals surface area contributed by atoms with Crippen LogP contribution in [0.4, 0.5) is 13.2 Å². The number of hydrogen-bond acceptors (Lipinski definition) is 3. The van der Waals surface area contributed by atoms with E-state index < -0.39 is 17.8 Å². The predicted molar refractivity (Wildman–Crippen MR) is 71.4 cm³/mol. The van der Waals surface area contributed by atoms with Crippen LogP contribution in [0, 0.1) is 11.3 Å². The molecule has 114 valence electrons. The number of hydrogen-bond donors (Lipinski definition) is 0. The highest BCUT2D eigenvalue weighted by Crippen LogP contribution is 2.36. The van der Waals surface area contributed by atoms with Gasteiger partial charge in [0.1, 0.15) is 0 Å². The van der Waals surface area contributed by atoms with Crippen LogP contribution in [0.2, 0.25) is 0 Å². The van der Waals surface area contributed by atoms with Gasteiger partial charge in [0, 0.05) is 19.5 Å². The molecule has 1 aliphatic rings. The van der Waals surface area contributed by atoms with Crippen molar-refractivity contribution in [2.24, 2.45) is 0 Å². The summed E-state index contributed by atoms with van der Waals surface area (Å²) >= 11 is 0. The Morgan fingerprint density at radius 1 is 1.33 bits per heavy atom. The van der Waals surface area contributed by atoms with Crippen LogP contribution >= 0.6 is 0 Å². The van der Waals surface area contributed by atoms with Gasteiger partial charge in [0.15, 0.2) is 0 Å². The van der Waals surface area contributed by atoms with Crippen LogP contribution in [0.3, 0.4) is 0 Å². The SMILES string of the molecule is N#CCCCN1CCOC(c2ccccc2C(F)(F)F)C1. The van der Waals surface area contributed by atoms with Crippen molar-refractivity contribution in [1.82, 2.24) is 4.90 Å². The Hall–Kier alpha value is -1.58. The molecule has 1 heterocycles. The largest absolute Gasteiger partial charge is 0.416 e. The lowest BCUT2D eigenvalue weighted by Crippen LogP contribution is -2.39. The molecule has 1 unspecified atom stereocenters. The van der Waals surface area contributed by atoms with E-state index in [4.69, 9.17) is 10.00 Å². The van der Waals surface area contributed by atoms with Crippen LogP contribution in [0.25, 0.3) is 0 Å². The highest BCUT2D eigenvalue weighted by Gasteiger charge is 2.36. The number of nitriles is 1. The first-order chi connectivity index (χ1) is 10.0. The van der Waals surface area contributed by atoms with Gasteiger partial charge in [-0.25, -0.2) is 0 Å². The van der Waals surface area contributed by atoms with Gasteiger partial charge in [-0.2, -0.15) is 18.4 Å². The smallest absolute Gasteiger partial charge is 0.371 e. The molecule has 0 aliphatic carbocycles. The summed E-state index contributed by atoms with van der Waals surface area (Å²) in [7, 11) is 0. The van der Waals surface area contributed by atoms with E-state index in [1.54, 1.807) is 6.07 Å². The number of rotatable bonds is 4. The summed E-state index contributed by atoms with van der Waals surface area (Å²) in [4.78, 5) is 2.05. The van der Waals surface area contributed by atoms with Crippen molar-refractivity contribution < 1.29 is 17.9 Å². The van der Waals surface area contributed by atoms with Crippen LogP contribution < -0.4 is 0 Å². The summed E-state index contributed by atoms with van der Waals surface area (Å²) in [5, 5.41) is 8.53. The van der Waals surface area contributed by atoms with Gasteiger partial charge in [-0.15, -0.1) is 0 Å². The van der Waals surface area contributed by atoms with E-state index in [1.807, 2.05) is 0 Å². The quantitative estimate of drug-likeness (QED) is 0.800. The second kappa shape index (κ2) is 6.92. The second-order valence-corrected chi connectivity index (χ2v) is 5.01. The summed E-state index contributed by atoms with van der Waals surface area (Å²) in [5.41, 5.74) is -0.441. The summed E-state index contributed by atoms with van der Waals surface area (Å²) in [5.74, 6) is 0. The summed E-state index contributed by atoms with van der Waals surface area (Å²) < 4.78 is 44.7. The summed E-state index contributed by atoms with van der Waals surface area (Å²) in [6.45, 7) is 2.24. The van der Waals surface area contributed by atoms with Gasteiger partial charge in [-0.05, 0) is 24.6 Å². The fourth-order valence-corrected chi connectivity index (χ4v) is 2.51. The first-order valence-electron chi connectivity index (χ1n) is 6.89. The molecule has 6 heteroatoms. The van der Waals surface area contributed by atoms with Gasteiger partial charge in [-0.3, -0.25) is 4.90 Å². The lowest BCUT2D eigenvalue weighted by atomic mass is 10.0. The molecule has 1 aromatic rings. The maximum absolute atomic E-state index is 13.0. The average Bonchev–Trinajstić information content (AvgIpc) is 2.47. The standard InChI is InChI=1S/C15H17F3N2O/c16-15(17,18)13-6-2-1-5-12(13)14-11-20(9-10-21-14)8-4-3-7-19/h1-2,5-6,14H,3-4,8-11H2. The van der Waals surface area contributed by atoms with Crippen LogP contribution in [0.5, 0.6) is 0 Å². The highest BCUT2D eigenvalue weighted by atomic mass is 19.4. The Morgan fingerprint density at radius 3 is 2.81 bits per heavy atom. The molecule has 0 bridgehead atoms. The van der Waals surface area contributed by atoms with Crippen LogP contribution in [0.1, 0.15) is 30.1 Å². The fourth-order valence-electron chi connectivity index (χ4n) is 2.51. The van der Waals surface area contributed by atoms with Gasteiger partial charge >= 0.3 is 6.18 Å². The Balaban J connectivity index is 2.10. The van der Waals surface area contributed by atoms with Crippen LogP contribution in [-0.4, -0.2) is 31.1 Å². The first-order valence-corrected chi connectivity index (χ1v) is 6.89. The van der Waals surface area contributed by atoms with Crippen LogP contribution in [0.15, 0.2) is 24.3 Å². The Kier molecular flexibility index (Phi) is 5.21. The average molecular weight is 298 g/mol. The molecule has 1 atom stereocenters. The number of morpholine rings is 1. The van der Waals surface area contributed by atoms with E-state index in [1.165, 1.54) is 12.1 Å². The van der Waals surface area contributed by atoms with Gasteiger partial charge < -0.3 is 4.74 Å². The zero-order chi connectivity index (χ0) is 15.3. The molecule has 1 fully saturated rings. The van der Waals surface area contributed by atoms with Crippen molar-refractivity contribution in [2.75, 3.05) is 26.2 Å². The molecule has 1 aromatic carbocycles. The van der Waals surface area contributed by atoms with Crippen molar-refractivity contribution in [2.45, 2.75) is 25.1 Å². The molecule has 1 aliphatic heterocycles. The topological polar surface area (TPSA) is 36.3 Å². The molecule has 21 heavy (non-hydrogen) atoms. The van der Waals surface area contributed by atoms with E-state index in [0.29, 0.717) is 32.7 Å². The van der Waals surface area contributed by atoms with Gasteiger partial charge in [0.05, 0.1) is 24.3 Å². The van der Waals surface area contributed by atoms with Gasteiger partial charge in [0.2, 0.25) is 0 Å². The van der Waals surface area contributed by atoms with E-state index in [-0.39, 0.29) is 5.56 Å². The molecule has 1 saturated heterocycles. The van der Waals surface area contributed by atoms with Crippen molar-refractivity contribution in [1.29, 1.82) is 5.26 Å². The molecular weight excluding hydrogens is 281 g/mol. The molecule has 0 N–H and O–H groups in total. The number of nitrogens with zero attached hydrogens (tertiary/aromatic N) is 2. The molecule has 0 aromatic heterocycles. The lowest BCUT2D eigenvalue weighted by Gasteiger charge is -2.34. The number of benzene rings is 1. The van der Waals surface area contributed by atoms with Gasteiger partial charge in [0.25, 0.3) is 0 Å². The number of ether oxygens (including phenoxy) is 1. The highest BCUT2D eigenvalue weighted by molar-refractivity contribution is 5.32. The minimum Gasteiger partial charge on any atom is -0.371 e. The van der Waals surface area contributed by atoms with Crippen LogP contribution in [-0.2, 0) is 10.9 Å². The van der Waals surface area contributed by atoms with Gasteiger partial charge in [-0.1, -0.05) is 18.2 Å². The molecule has 0 amide bonds. The Morgan fingerprint density at radius 2 is 2.10 bits per heavy atom. The number of halogens is 3. The molecule has 0 saturated carbocycles. The monoisotopic (exact) mass is 298 g/mol. The van der Waals surface area contributed by atoms with Crippen molar-refractivity contribution in [3.8, 4) is 6.07 Å². The third kappa shape index (κ3) is 4.19. The third-order valence-corrected chi connectivity index (χ3v) is 3.53. The maximum atomic E-state index is 13.0. The maximum Gasteiger partial charge on any atom is 0.416 e. The third-order valence-electron chi connectivity index (χ3n) is 3.53. The predicted octanol–water partition coefficient (Wildman–Crippen LogP) is 3.38. The minimum absolute atomic E-state index is 0.190. The summed E-state index contributed by atoms with van der Waals surface area (Å²) in [6, 6.07) is 7.63. The zero-order valence-electron chi connectivity index (χ0n) is 11.6. The number of unbranched alkanes of at least 4 members (excludes halogenated alkanes) is 1. The van der Waals surface area contributed by atoms with E-state index >= 15 is 0 Å². The van der Waals surface area contributed by atoms with E-state index in [0.717, 1.165) is 12.5 Å². The normalized spacial score (nSPS) is 20.2. The van der Waals surface area contributed by atoms with Crippen molar-refractivity contribution in [3.63, 3.8) is 0 Å². The van der Waals surface area contributed by atoms with E-state index in [2.05, 4.69) is 11.0 Å². The Bertz CT molecular complexity index is 510.